The third-order valence-electron chi connectivity index (χ3n) is 3.32. The number of aliphatic hydroxyl groups excluding tert-OH is 1. The lowest BCUT2D eigenvalue weighted by atomic mass is 9.88. The van der Waals surface area contributed by atoms with E-state index >= 15 is 0 Å². The van der Waals surface area contributed by atoms with E-state index in [0.29, 0.717) is 19.0 Å². The van der Waals surface area contributed by atoms with Gasteiger partial charge in [-0.05, 0) is 36.0 Å². The van der Waals surface area contributed by atoms with Crippen LogP contribution < -0.4 is 0 Å². The van der Waals surface area contributed by atoms with E-state index in [1.807, 2.05) is 6.07 Å². The van der Waals surface area contributed by atoms with Gasteiger partial charge in [-0.15, -0.1) is 0 Å². The Balaban J connectivity index is 2.07. The van der Waals surface area contributed by atoms with Gasteiger partial charge in [0.25, 0.3) is 0 Å². The van der Waals surface area contributed by atoms with Gasteiger partial charge in [-0.1, -0.05) is 0 Å². The van der Waals surface area contributed by atoms with E-state index in [1.54, 1.807) is 12.4 Å². The lowest BCUT2D eigenvalue weighted by Crippen LogP contribution is -2.37. The summed E-state index contributed by atoms with van der Waals surface area (Å²) in [4.78, 5) is 16.3. The van der Waals surface area contributed by atoms with Gasteiger partial charge in [0.15, 0.2) is 0 Å². The highest BCUT2D eigenvalue weighted by Gasteiger charge is 2.24. The number of carboxylic acid groups (broad SMARTS) is 1. The van der Waals surface area contributed by atoms with Gasteiger partial charge in [0.1, 0.15) is 0 Å². The Bertz CT molecular complexity index is 400. The van der Waals surface area contributed by atoms with Crippen molar-refractivity contribution >= 4 is 6.09 Å². The summed E-state index contributed by atoms with van der Waals surface area (Å²) in [6.45, 7) is 1.12. The second-order valence-corrected chi connectivity index (χ2v) is 4.28. The van der Waals surface area contributed by atoms with Gasteiger partial charge in [0.05, 0.1) is 6.61 Å². The predicted molar refractivity (Wildman–Crippen MR) is 61.7 cm³/mol. The van der Waals surface area contributed by atoms with Crippen LogP contribution in [0.1, 0.15) is 29.9 Å². The van der Waals surface area contributed by atoms with Crippen LogP contribution in [0.4, 0.5) is 4.79 Å². The summed E-state index contributed by atoms with van der Waals surface area (Å²) >= 11 is 0. The normalized spacial score (nSPS) is 17.1. The minimum Gasteiger partial charge on any atom is -0.465 e. The molecule has 0 aromatic carbocycles. The Morgan fingerprint density at radius 1 is 1.47 bits per heavy atom. The summed E-state index contributed by atoms with van der Waals surface area (Å²) in [7, 11) is 0. The van der Waals surface area contributed by atoms with Gasteiger partial charge >= 0.3 is 6.09 Å². The van der Waals surface area contributed by atoms with Crippen molar-refractivity contribution in [3.63, 3.8) is 0 Å². The van der Waals surface area contributed by atoms with Crippen molar-refractivity contribution in [3.05, 3.63) is 29.6 Å². The summed E-state index contributed by atoms with van der Waals surface area (Å²) in [5, 5.41) is 18.1. The number of amides is 1. The van der Waals surface area contributed by atoms with Gasteiger partial charge in [0, 0.05) is 25.5 Å². The van der Waals surface area contributed by atoms with Crippen LogP contribution in [0.3, 0.4) is 0 Å². The smallest absolute Gasteiger partial charge is 0.407 e. The first-order valence-electron chi connectivity index (χ1n) is 5.74. The van der Waals surface area contributed by atoms with Crippen LogP contribution in [-0.2, 0) is 6.61 Å². The summed E-state index contributed by atoms with van der Waals surface area (Å²) in [6, 6.07) is 1.82. The number of nitrogens with zero attached hydrogens (tertiary/aromatic N) is 2. The van der Waals surface area contributed by atoms with Crippen molar-refractivity contribution in [2.75, 3.05) is 13.1 Å². The fourth-order valence-electron chi connectivity index (χ4n) is 2.33. The molecule has 1 saturated heterocycles. The fourth-order valence-corrected chi connectivity index (χ4v) is 2.33. The number of piperidine rings is 1. The SMILES string of the molecule is O=C(O)N1CCC(c2cnccc2CO)CC1. The number of rotatable bonds is 2. The molecule has 0 saturated carbocycles. The number of likely N-dealkylation sites (tertiary alicyclic amines) is 1. The second-order valence-electron chi connectivity index (χ2n) is 4.28. The zero-order valence-electron chi connectivity index (χ0n) is 9.54. The maximum atomic E-state index is 10.8. The van der Waals surface area contributed by atoms with Crippen molar-refractivity contribution in [2.24, 2.45) is 0 Å². The van der Waals surface area contributed by atoms with E-state index in [9.17, 15) is 9.90 Å². The quantitative estimate of drug-likeness (QED) is 0.814. The van der Waals surface area contributed by atoms with Crippen LogP contribution in [-0.4, -0.2) is 39.3 Å². The number of carbonyl (C=O) groups is 1. The molecule has 2 heterocycles. The van der Waals surface area contributed by atoms with Crippen molar-refractivity contribution < 1.29 is 15.0 Å². The molecule has 1 aliphatic heterocycles. The molecular formula is C12H16N2O3. The third kappa shape index (κ3) is 2.55. The average Bonchev–Trinajstić information content (AvgIpc) is 2.39. The third-order valence-corrected chi connectivity index (χ3v) is 3.32. The molecule has 17 heavy (non-hydrogen) atoms. The lowest BCUT2D eigenvalue weighted by molar-refractivity contribution is 0.132. The first-order valence-corrected chi connectivity index (χ1v) is 5.74. The van der Waals surface area contributed by atoms with Crippen LogP contribution in [0, 0.1) is 0 Å². The highest BCUT2D eigenvalue weighted by molar-refractivity contribution is 5.65. The van der Waals surface area contributed by atoms with E-state index in [1.165, 1.54) is 4.90 Å². The van der Waals surface area contributed by atoms with E-state index in [2.05, 4.69) is 4.98 Å². The molecule has 1 amide bonds. The van der Waals surface area contributed by atoms with E-state index in [-0.39, 0.29) is 6.61 Å². The summed E-state index contributed by atoms with van der Waals surface area (Å²) in [5.41, 5.74) is 1.95. The second kappa shape index (κ2) is 5.14. The molecule has 0 atom stereocenters. The molecule has 2 rings (SSSR count). The molecule has 0 radical (unpaired) electrons. The van der Waals surface area contributed by atoms with Crippen molar-refractivity contribution in [2.45, 2.75) is 25.4 Å². The predicted octanol–water partition coefficient (Wildman–Crippen LogP) is 1.43. The lowest BCUT2D eigenvalue weighted by Gasteiger charge is -2.30. The van der Waals surface area contributed by atoms with Crippen LogP contribution >= 0.6 is 0 Å². The molecule has 92 valence electrons. The molecule has 5 heteroatoms. The van der Waals surface area contributed by atoms with E-state index in [4.69, 9.17) is 5.11 Å². The van der Waals surface area contributed by atoms with Crippen LogP contribution in [0.15, 0.2) is 18.5 Å². The largest absolute Gasteiger partial charge is 0.465 e. The van der Waals surface area contributed by atoms with E-state index < -0.39 is 6.09 Å². The van der Waals surface area contributed by atoms with E-state index in [0.717, 1.165) is 24.0 Å². The molecule has 0 unspecified atom stereocenters. The van der Waals surface area contributed by atoms with Crippen LogP contribution in [0.5, 0.6) is 0 Å². The Hall–Kier alpha value is -1.62. The van der Waals surface area contributed by atoms with Crippen LogP contribution in [0.2, 0.25) is 0 Å². The standard InChI is InChI=1S/C12H16N2O3/c15-8-10-1-4-13-7-11(10)9-2-5-14(6-3-9)12(16)17/h1,4,7,9,15H,2-3,5-6,8H2,(H,16,17). The zero-order chi connectivity index (χ0) is 12.3. The summed E-state index contributed by atoms with van der Waals surface area (Å²) in [6.07, 6.45) is 4.20. The topological polar surface area (TPSA) is 73.7 Å². The number of hydrogen-bond donors (Lipinski definition) is 2. The molecule has 1 aromatic heterocycles. The van der Waals surface area contributed by atoms with Gasteiger partial charge in [-0.2, -0.15) is 0 Å². The van der Waals surface area contributed by atoms with Crippen molar-refractivity contribution in [1.29, 1.82) is 0 Å². The van der Waals surface area contributed by atoms with Gasteiger partial charge < -0.3 is 15.1 Å². The molecule has 1 aliphatic rings. The fraction of sp³-hybridized carbons (Fsp3) is 0.500. The van der Waals surface area contributed by atoms with Gasteiger partial charge in [0.2, 0.25) is 0 Å². The highest BCUT2D eigenvalue weighted by atomic mass is 16.4. The zero-order valence-corrected chi connectivity index (χ0v) is 9.54. The Labute approximate surface area is 99.7 Å². The number of pyridine rings is 1. The molecule has 5 nitrogen and oxygen atoms in total. The monoisotopic (exact) mass is 236 g/mol. The Morgan fingerprint density at radius 3 is 2.76 bits per heavy atom. The number of hydrogen-bond acceptors (Lipinski definition) is 3. The minimum atomic E-state index is -0.850. The van der Waals surface area contributed by atoms with Crippen molar-refractivity contribution in [3.8, 4) is 0 Å². The molecule has 0 spiro atoms. The molecule has 0 bridgehead atoms. The van der Waals surface area contributed by atoms with Gasteiger partial charge in [-0.3, -0.25) is 4.98 Å². The molecule has 0 aliphatic carbocycles. The first kappa shape index (κ1) is 11.9. The molecule has 2 N–H and O–H groups in total. The molecule has 1 fully saturated rings. The highest BCUT2D eigenvalue weighted by Crippen LogP contribution is 2.29. The maximum Gasteiger partial charge on any atom is 0.407 e. The maximum absolute atomic E-state index is 10.8. The summed E-state index contributed by atoms with van der Waals surface area (Å²) < 4.78 is 0. The summed E-state index contributed by atoms with van der Waals surface area (Å²) in [5.74, 6) is 0.307. The van der Waals surface area contributed by atoms with Crippen molar-refractivity contribution in [1.82, 2.24) is 9.88 Å². The number of aromatic nitrogens is 1. The average molecular weight is 236 g/mol. The number of aliphatic hydroxyl groups is 1. The Morgan fingerprint density at radius 2 is 2.18 bits per heavy atom. The molecular weight excluding hydrogens is 220 g/mol. The minimum absolute atomic E-state index is 0.0109. The Kier molecular flexibility index (Phi) is 3.58. The van der Waals surface area contributed by atoms with Crippen LogP contribution in [0.25, 0.3) is 0 Å². The molecule has 1 aromatic rings. The first-order chi connectivity index (χ1) is 8.22. The van der Waals surface area contributed by atoms with Gasteiger partial charge in [-0.25, -0.2) is 4.79 Å².